The summed E-state index contributed by atoms with van der Waals surface area (Å²) in [7, 11) is 2.19. The summed E-state index contributed by atoms with van der Waals surface area (Å²) in [5.74, 6) is 0.922. The van der Waals surface area contributed by atoms with Gasteiger partial charge in [0.25, 0.3) is 5.56 Å². The van der Waals surface area contributed by atoms with Crippen molar-refractivity contribution in [3.05, 3.63) is 38.9 Å². The molecule has 1 aromatic carbocycles. The molecular weight excluding hydrogens is 392 g/mol. The van der Waals surface area contributed by atoms with Crippen molar-refractivity contribution in [2.75, 3.05) is 26.7 Å². The highest BCUT2D eigenvalue weighted by Gasteiger charge is 2.30. The van der Waals surface area contributed by atoms with Gasteiger partial charge in [-0.05, 0) is 45.5 Å². The second-order valence-electron chi connectivity index (χ2n) is 7.31. The summed E-state index contributed by atoms with van der Waals surface area (Å²) in [6.45, 7) is 10.2. The summed E-state index contributed by atoms with van der Waals surface area (Å²) in [6.07, 6.45) is 2.09. The van der Waals surface area contributed by atoms with Crippen molar-refractivity contribution in [2.24, 2.45) is 0 Å². The van der Waals surface area contributed by atoms with Crippen molar-refractivity contribution < 1.29 is 0 Å². The quantitative estimate of drug-likeness (QED) is 0.739. The van der Waals surface area contributed by atoms with E-state index in [1.165, 1.54) is 0 Å². The van der Waals surface area contributed by atoms with Crippen LogP contribution in [0.15, 0.2) is 27.5 Å². The number of likely N-dealkylation sites (N-methyl/N-ethyl adjacent to an activating group) is 1. The lowest BCUT2D eigenvalue weighted by Gasteiger charge is -2.42. The fraction of sp³-hybridized carbons (Fsp3) is 0.600. The van der Waals surface area contributed by atoms with Crippen molar-refractivity contribution in [2.45, 2.75) is 52.2 Å². The van der Waals surface area contributed by atoms with Crippen LogP contribution in [0, 0.1) is 0 Å². The second-order valence-corrected chi connectivity index (χ2v) is 8.23. The minimum Gasteiger partial charge on any atom is -0.301 e. The van der Waals surface area contributed by atoms with E-state index in [1.807, 2.05) is 29.7 Å². The van der Waals surface area contributed by atoms with Gasteiger partial charge in [-0.3, -0.25) is 14.3 Å². The largest absolute Gasteiger partial charge is 0.301 e. The molecule has 0 radical (unpaired) electrons. The Kier molecular flexibility index (Phi) is 6.15. The minimum absolute atomic E-state index is 0.0667. The molecule has 1 saturated heterocycles. The number of nitrogens with zero attached hydrogens (tertiary/aromatic N) is 4. The number of hydrogen-bond donors (Lipinski definition) is 0. The van der Waals surface area contributed by atoms with Gasteiger partial charge in [0.2, 0.25) is 0 Å². The van der Waals surface area contributed by atoms with Gasteiger partial charge in [-0.15, -0.1) is 0 Å². The molecule has 0 aliphatic carbocycles. The lowest BCUT2D eigenvalue weighted by atomic mass is 10.1. The van der Waals surface area contributed by atoms with E-state index in [0.29, 0.717) is 18.0 Å². The van der Waals surface area contributed by atoms with Crippen LogP contribution in [0.3, 0.4) is 0 Å². The molecule has 1 aliphatic rings. The predicted octanol–water partition coefficient (Wildman–Crippen LogP) is 3.66. The van der Waals surface area contributed by atoms with Gasteiger partial charge in [-0.1, -0.05) is 29.3 Å². The lowest BCUT2D eigenvalue weighted by molar-refractivity contribution is 0.0631. The molecule has 0 amide bonds. The van der Waals surface area contributed by atoms with Crippen LogP contribution in [0.1, 0.15) is 45.5 Å². The Morgan fingerprint density at radius 2 is 2.08 bits per heavy atom. The molecule has 3 rings (SSSR count). The van der Waals surface area contributed by atoms with Crippen LogP contribution in [-0.2, 0) is 6.54 Å². The Labute approximate surface area is 164 Å². The van der Waals surface area contributed by atoms with E-state index < -0.39 is 0 Å². The number of piperazine rings is 1. The normalized spacial score (nSPS) is 20.6. The van der Waals surface area contributed by atoms with Gasteiger partial charge < -0.3 is 4.90 Å². The molecule has 0 saturated carbocycles. The molecule has 1 aromatic heterocycles. The summed E-state index contributed by atoms with van der Waals surface area (Å²) < 4.78 is 2.79. The van der Waals surface area contributed by atoms with Gasteiger partial charge in [-0.2, -0.15) is 0 Å². The molecule has 2 heterocycles. The SMILES string of the molecule is CCC[C@H](c1nc2ccc(Br)cc2c(=O)n1CC)N1CCN(C)[C@H](C)C1. The average Bonchev–Trinajstić information content (AvgIpc) is 2.62. The summed E-state index contributed by atoms with van der Waals surface area (Å²) in [6, 6.07) is 6.49. The number of aromatic nitrogens is 2. The van der Waals surface area contributed by atoms with E-state index in [0.717, 1.165) is 48.3 Å². The van der Waals surface area contributed by atoms with Crippen molar-refractivity contribution in [1.29, 1.82) is 0 Å². The standard InChI is InChI=1S/C20H29BrN4O/c1-5-7-18(24-11-10-23(4)14(3)13-24)19-22-17-9-8-15(21)12-16(17)20(26)25(19)6-2/h8-9,12,14,18H,5-7,10-11,13H2,1-4H3/t14-,18-/m1/s1. The zero-order chi connectivity index (χ0) is 18.8. The molecule has 1 aliphatic heterocycles. The smallest absolute Gasteiger partial charge is 0.261 e. The zero-order valence-electron chi connectivity index (χ0n) is 16.2. The number of benzene rings is 1. The monoisotopic (exact) mass is 420 g/mol. The second kappa shape index (κ2) is 8.19. The Hall–Kier alpha value is -1.24. The van der Waals surface area contributed by atoms with Crippen molar-refractivity contribution in [3.63, 3.8) is 0 Å². The predicted molar refractivity (Wildman–Crippen MR) is 111 cm³/mol. The fourth-order valence-electron chi connectivity index (χ4n) is 3.88. The topological polar surface area (TPSA) is 41.4 Å². The third kappa shape index (κ3) is 3.73. The van der Waals surface area contributed by atoms with Crippen LogP contribution < -0.4 is 5.56 Å². The Balaban J connectivity index is 2.10. The first-order valence-electron chi connectivity index (χ1n) is 9.60. The third-order valence-electron chi connectivity index (χ3n) is 5.55. The van der Waals surface area contributed by atoms with Crippen LogP contribution in [0.5, 0.6) is 0 Å². The molecule has 26 heavy (non-hydrogen) atoms. The van der Waals surface area contributed by atoms with E-state index in [2.05, 4.69) is 46.6 Å². The molecule has 0 spiro atoms. The molecule has 2 aromatic rings. The maximum Gasteiger partial charge on any atom is 0.261 e. The zero-order valence-corrected chi connectivity index (χ0v) is 17.8. The Bertz CT molecular complexity index is 834. The number of hydrogen-bond acceptors (Lipinski definition) is 4. The highest BCUT2D eigenvalue weighted by Crippen LogP contribution is 2.28. The van der Waals surface area contributed by atoms with Gasteiger partial charge in [0.15, 0.2) is 0 Å². The summed E-state index contributed by atoms with van der Waals surface area (Å²) in [5, 5.41) is 0.687. The van der Waals surface area contributed by atoms with Crippen LogP contribution in [0.25, 0.3) is 10.9 Å². The Morgan fingerprint density at radius 3 is 2.73 bits per heavy atom. The fourth-order valence-corrected chi connectivity index (χ4v) is 4.24. The number of halogens is 1. The maximum absolute atomic E-state index is 13.1. The van der Waals surface area contributed by atoms with Crippen LogP contribution in [0.2, 0.25) is 0 Å². The molecule has 1 fully saturated rings. The average molecular weight is 421 g/mol. The van der Waals surface area contributed by atoms with Gasteiger partial charge in [0.1, 0.15) is 5.82 Å². The van der Waals surface area contributed by atoms with Crippen molar-refractivity contribution in [1.82, 2.24) is 19.4 Å². The van der Waals surface area contributed by atoms with Gasteiger partial charge >= 0.3 is 0 Å². The highest BCUT2D eigenvalue weighted by molar-refractivity contribution is 9.10. The summed E-state index contributed by atoms with van der Waals surface area (Å²) in [5.41, 5.74) is 0.859. The first-order chi connectivity index (χ1) is 12.5. The van der Waals surface area contributed by atoms with Crippen LogP contribution in [-0.4, -0.2) is 52.1 Å². The molecule has 5 nitrogen and oxygen atoms in total. The van der Waals surface area contributed by atoms with E-state index in [-0.39, 0.29) is 11.6 Å². The van der Waals surface area contributed by atoms with Gasteiger partial charge in [0.05, 0.1) is 16.9 Å². The van der Waals surface area contributed by atoms with Gasteiger partial charge in [0, 0.05) is 36.7 Å². The molecule has 2 atom stereocenters. The molecule has 142 valence electrons. The van der Waals surface area contributed by atoms with E-state index in [1.54, 1.807) is 0 Å². The van der Waals surface area contributed by atoms with Crippen LogP contribution in [0.4, 0.5) is 0 Å². The van der Waals surface area contributed by atoms with E-state index in [9.17, 15) is 4.79 Å². The van der Waals surface area contributed by atoms with E-state index in [4.69, 9.17) is 4.98 Å². The van der Waals surface area contributed by atoms with Crippen LogP contribution >= 0.6 is 15.9 Å². The van der Waals surface area contributed by atoms with Gasteiger partial charge in [-0.25, -0.2) is 4.98 Å². The summed E-state index contributed by atoms with van der Waals surface area (Å²) >= 11 is 3.47. The molecule has 0 N–H and O–H groups in total. The van der Waals surface area contributed by atoms with E-state index >= 15 is 0 Å². The van der Waals surface area contributed by atoms with Crippen molar-refractivity contribution >= 4 is 26.8 Å². The lowest BCUT2D eigenvalue weighted by Crippen LogP contribution is -2.51. The summed E-state index contributed by atoms with van der Waals surface area (Å²) in [4.78, 5) is 23.0. The number of fused-ring (bicyclic) bond motifs is 1. The molecule has 6 heteroatoms. The highest BCUT2D eigenvalue weighted by atomic mass is 79.9. The Morgan fingerprint density at radius 1 is 1.31 bits per heavy atom. The first-order valence-corrected chi connectivity index (χ1v) is 10.4. The first kappa shape index (κ1) is 19.5. The third-order valence-corrected chi connectivity index (χ3v) is 6.05. The molecule has 0 bridgehead atoms. The molecule has 0 unspecified atom stereocenters. The maximum atomic E-state index is 13.1. The minimum atomic E-state index is 0.0667. The number of rotatable bonds is 5. The van der Waals surface area contributed by atoms with Crippen molar-refractivity contribution in [3.8, 4) is 0 Å². The molecular formula is C20H29BrN4O.